The lowest BCUT2D eigenvalue weighted by Gasteiger charge is -2.82. The van der Waals surface area contributed by atoms with E-state index in [0.29, 0.717) is 23.7 Å². The van der Waals surface area contributed by atoms with E-state index in [2.05, 4.69) is 30.3 Å². The molecule has 0 bridgehead atoms. The molecule has 0 amide bonds. The Hall–Kier alpha value is -1.37. The first-order valence-corrected chi connectivity index (χ1v) is 7.47. The molecule has 1 saturated heterocycles. The van der Waals surface area contributed by atoms with Gasteiger partial charge in [-0.1, -0.05) is 24.3 Å². The highest BCUT2D eigenvalue weighted by Gasteiger charge is 2.97. The van der Waals surface area contributed by atoms with E-state index in [-0.39, 0.29) is 23.0 Å². The maximum Gasteiger partial charge on any atom is 0.0769 e. The van der Waals surface area contributed by atoms with E-state index in [1.165, 1.54) is 11.1 Å². The number of hydrogen-bond donors (Lipinski definition) is 0. The second-order valence-corrected chi connectivity index (χ2v) is 7.20. The summed E-state index contributed by atoms with van der Waals surface area (Å²) in [5.41, 5.74) is 2.86. The minimum atomic E-state index is -0.144. The Bertz CT molecular complexity index is 709. The Morgan fingerprint density at radius 2 is 2.10 bits per heavy atom. The van der Waals surface area contributed by atoms with Crippen molar-refractivity contribution in [3.05, 3.63) is 35.4 Å². The molecular weight excluding hydrogens is 250 g/mol. The topological polar surface area (TPSA) is 42.2 Å². The molecule has 3 heteroatoms. The van der Waals surface area contributed by atoms with Crippen LogP contribution in [0.2, 0.25) is 0 Å². The van der Waals surface area contributed by atoms with Crippen molar-refractivity contribution in [1.29, 1.82) is 5.26 Å². The van der Waals surface area contributed by atoms with Crippen LogP contribution in [0.1, 0.15) is 23.0 Å². The molecule has 100 valence electrons. The van der Waals surface area contributed by atoms with Gasteiger partial charge in [0.2, 0.25) is 0 Å². The van der Waals surface area contributed by atoms with Crippen LogP contribution >= 0.6 is 0 Å². The highest BCUT2D eigenvalue weighted by atomic mass is 16.5. The number of ether oxygens (including phenoxy) is 2. The molecule has 20 heavy (non-hydrogen) atoms. The van der Waals surface area contributed by atoms with E-state index in [1.807, 2.05) is 0 Å². The average molecular weight is 265 g/mol. The summed E-state index contributed by atoms with van der Waals surface area (Å²) >= 11 is 0. The number of fused-ring (bicyclic) bond motifs is 5. The lowest BCUT2D eigenvalue weighted by atomic mass is 9.17. The third-order valence-corrected chi connectivity index (χ3v) is 7.16. The summed E-state index contributed by atoms with van der Waals surface area (Å²) in [4.78, 5) is 0. The Balaban J connectivity index is 1.64. The van der Waals surface area contributed by atoms with E-state index >= 15 is 0 Å². The van der Waals surface area contributed by atoms with E-state index in [1.54, 1.807) is 7.11 Å². The summed E-state index contributed by atoms with van der Waals surface area (Å²) in [6.07, 6.45) is 0.553. The molecule has 0 aromatic heterocycles. The van der Waals surface area contributed by atoms with E-state index in [9.17, 15) is 5.26 Å². The van der Waals surface area contributed by atoms with Crippen molar-refractivity contribution in [2.75, 3.05) is 13.7 Å². The quantitative estimate of drug-likeness (QED) is 0.822. The Labute approximate surface area is 117 Å². The predicted molar refractivity (Wildman–Crippen MR) is 69.9 cm³/mol. The molecule has 1 heterocycles. The number of nitrogens with zero attached hydrogens (tertiary/aromatic N) is 1. The molecule has 4 aliphatic carbocycles. The zero-order chi connectivity index (χ0) is 13.3. The third-order valence-electron chi connectivity index (χ3n) is 7.16. The number of benzene rings is 1. The van der Waals surface area contributed by atoms with Gasteiger partial charge in [0.15, 0.2) is 0 Å². The summed E-state index contributed by atoms with van der Waals surface area (Å²) in [5, 5.41) is 9.91. The van der Waals surface area contributed by atoms with Crippen molar-refractivity contribution in [1.82, 2.24) is 0 Å². The van der Waals surface area contributed by atoms with Gasteiger partial charge in [-0.25, -0.2) is 0 Å². The van der Waals surface area contributed by atoms with Crippen LogP contribution in [-0.4, -0.2) is 25.9 Å². The van der Waals surface area contributed by atoms with Gasteiger partial charge >= 0.3 is 0 Å². The molecule has 3 nitrogen and oxygen atoms in total. The maximum atomic E-state index is 9.91. The monoisotopic (exact) mass is 265 g/mol. The summed E-state index contributed by atoms with van der Waals surface area (Å²) in [6, 6.07) is 11.4. The standard InChI is InChI=1S/C17H15NO2/c1-19-7-17-13-10-8-4-2-3-5-9(8)11-12(20-15(10)17)14(17)16(11,13)6-18/h2-5,10-15H,7H2,1H3/t10-,11-,12+,13-,14+,15-,16+,17-/m1/s1. The van der Waals surface area contributed by atoms with Crippen LogP contribution < -0.4 is 0 Å². The van der Waals surface area contributed by atoms with Gasteiger partial charge in [0.05, 0.1) is 30.3 Å². The van der Waals surface area contributed by atoms with Crippen LogP contribution in [0.5, 0.6) is 0 Å². The van der Waals surface area contributed by atoms with Gasteiger partial charge in [0.25, 0.3) is 0 Å². The van der Waals surface area contributed by atoms with Crippen LogP contribution in [0.4, 0.5) is 0 Å². The predicted octanol–water partition coefficient (Wildman–Crippen LogP) is 2.05. The highest BCUT2D eigenvalue weighted by Crippen LogP contribution is 2.94. The van der Waals surface area contributed by atoms with E-state index < -0.39 is 0 Å². The van der Waals surface area contributed by atoms with Gasteiger partial charge in [-0.3, -0.25) is 0 Å². The number of hydrogen-bond acceptors (Lipinski definition) is 3. The van der Waals surface area contributed by atoms with Gasteiger partial charge in [0, 0.05) is 30.3 Å². The summed E-state index contributed by atoms with van der Waals surface area (Å²) in [6.45, 7) is 0.762. The lowest BCUT2D eigenvalue weighted by Crippen LogP contribution is -2.85. The van der Waals surface area contributed by atoms with E-state index in [0.717, 1.165) is 6.61 Å². The second-order valence-electron chi connectivity index (χ2n) is 7.20. The van der Waals surface area contributed by atoms with Crippen molar-refractivity contribution >= 4 is 0 Å². The SMILES string of the molecule is COC[C@@]12[C@@H]3O[C@H]4[C@H]5c6ccccc6[C@@H]3[C@@H]1[C@@]5(C#N)[C@H]42. The first-order chi connectivity index (χ1) is 9.82. The molecule has 0 N–H and O–H groups in total. The number of rotatable bonds is 2. The maximum absolute atomic E-state index is 9.91. The average Bonchev–Trinajstić information content (AvgIpc) is 2.67. The molecular formula is C17H15NO2. The molecule has 5 aliphatic rings. The van der Waals surface area contributed by atoms with Crippen LogP contribution in [0.25, 0.3) is 0 Å². The van der Waals surface area contributed by atoms with Crippen molar-refractivity contribution in [2.24, 2.45) is 22.7 Å². The largest absolute Gasteiger partial charge is 0.384 e. The van der Waals surface area contributed by atoms with Gasteiger partial charge < -0.3 is 9.47 Å². The van der Waals surface area contributed by atoms with Crippen LogP contribution in [-0.2, 0) is 9.47 Å². The zero-order valence-electron chi connectivity index (χ0n) is 11.2. The van der Waals surface area contributed by atoms with Crippen molar-refractivity contribution in [3.63, 3.8) is 0 Å². The van der Waals surface area contributed by atoms with Crippen LogP contribution in [0.15, 0.2) is 24.3 Å². The van der Waals surface area contributed by atoms with Crippen LogP contribution in [0.3, 0.4) is 0 Å². The first kappa shape index (κ1) is 10.4. The van der Waals surface area contributed by atoms with Gasteiger partial charge in [0.1, 0.15) is 0 Å². The molecule has 0 unspecified atom stereocenters. The smallest absolute Gasteiger partial charge is 0.0769 e. The molecule has 0 spiro atoms. The second kappa shape index (κ2) is 2.68. The fourth-order valence-corrected chi connectivity index (χ4v) is 7.00. The van der Waals surface area contributed by atoms with Crippen molar-refractivity contribution < 1.29 is 9.47 Å². The highest BCUT2D eigenvalue weighted by molar-refractivity contribution is 5.60. The van der Waals surface area contributed by atoms with Gasteiger partial charge in [-0.15, -0.1) is 0 Å². The Kier molecular flexibility index (Phi) is 1.39. The summed E-state index contributed by atoms with van der Waals surface area (Å²) < 4.78 is 11.9. The normalized spacial score (nSPS) is 57.8. The van der Waals surface area contributed by atoms with E-state index in [4.69, 9.17) is 9.47 Å². The van der Waals surface area contributed by atoms with Gasteiger partial charge in [-0.05, 0) is 17.0 Å². The Morgan fingerprint density at radius 1 is 1.30 bits per heavy atom. The zero-order valence-corrected chi connectivity index (χ0v) is 11.2. The minimum absolute atomic E-state index is 0.144. The molecule has 3 saturated carbocycles. The van der Waals surface area contributed by atoms with Gasteiger partial charge in [-0.2, -0.15) is 5.26 Å². The summed E-state index contributed by atoms with van der Waals surface area (Å²) in [7, 11) is 1.78. The molecule has 0 radical (unpaired) electrons. The molecule has 1 aromatic rings. The fraction of sp³-hybridized carbons (Fsp3) is 0.588. The summed E-state index contributed by atoms with van der Waals surface area (Å²) in [5.74, 6) is 1.63. The van der Waals surface area contributed by atoms with Crippen LogP contribution in [0, 0.1) is 34.0 Å². The Morgan fingerprint density at radius 3 is 2.85 bits per heavy atom. The molecule has 1 aromatic carbocycles. The number of nitriles is 1. The number of methoxy groups -OCH3 is 1. The molecule has 1 aliphatic heterocycles. The molecule has 4 fully saturated rings. The van der Waals surface area contributed by atoms with Crippen molar-refractivity contribution in [3.8, 4) is 6.07 Å². The fourth-order valence-electron chi connectivity index (χ4n) is 7.00. The molecule has 8 atom stereocenters. The first-order valence-electron chi connectivity index (χ1n) is 7.47. The third kappa shape index (κ3) is 0.625. The van der Waals surface area contributed by atoms with Crippen molar-refractivity contribution in [2.45, 2.75) is 24.0 Å². The lowest BCUT2D eigenvalue weighted by molar-refractivity contribution is -0.316. The molecule has 6 rings (SSSR count). The minimum Gasteiger partial charge on any atom is -0.384 e.